The van der Waals surface area contributed by atoms with Gasteiger partial charge in [-0.2, -0.15) is 0 Å². The maximum atomic E-state index is 12.7. The molecule has 136 valence electrons. The summed E-state index contributed by atoms with van der Waals surface area (Å²) >= 11 is 0. The molecule has 2 aromatic rings. The van der Waals surface area contributed by atoms with E-state index in [0.29, 0.717) is 12.5 Å². The average molecular weight is 353 g/mol. The quantitative estimate of drug-likeness (QED) is 0.910. The summed E-state index contributed by atoms with van der Waals surface area (Å²) in [6.45, 7) is 4.16. The summed E-state index contributed by atoms with van der Waals surface area (Å²) in [6.07, 6.45) is 7.09. The summed E-state index contributed by atoms with van der Waals surface area (Å²) in [7, 11) is 0. The Morgan fingerprint density at radius 1 is 1.31 bits per heavy atom. The highest BCUT2D eigenvalue weighted by Crippen LogP contribution is 2.33. The van der Waals surface area contributed by atoms with Crippen molar-refractivity contribution >= 4 is 17.4 Å². The van der Waals surface area contributed by atoms with Crippen molar-refractivity contribution in [3.63, 3.8) is 0 Å². The van der Waals surface area contributed by atoms with E-state index in [0.717, 1.165) is 43.1 Å². The second-order valence-corrected chi connectivity index (χ2v) is 6.99. The number of nitrogens with one attached hydrogen (secondary N) is 1. The number of pyridine rings is 1. The molecule has 7 nitrogen and oxygen atoms in total. The zero-order valence-corrected chi connectivity index (χ0v) is 14.8. The molecule has 1 N–H and O–H groups in total. The Kier molecular flexibility index (Phi) is 4.79. The van der Waals surface area contributed by atoms with Gasteiger partial charge in [0.2, 0.25) is 5.91 Å². The predicted molar refractivity (Wildman–Crippen MR) is 97.8 cm³/mol. The van der Waals surface area contributed by atoms with Gasteiger partial charge in [-0.1, -0.05) is 0 Å². The predicted octanol–water partition coefficient (Wildman–Crippen LogP) is 2.05. The van der Waals surface area contributed by atoms with Gasteiger partial charge in [0.1, 0.15) is 12.1 Å². The summed E-state index contributed by atoms with van der Waals surface area (Å²) in [5, 5.41) is 3.00. The van der Waals surface area contributed by atoms with E-state index < -0.39 is 0 Å². The number of rotatable bonds is 3. The highest BCUT2D eigenvalue weighted by atomic mass is 16.5. The third kappa shape index (κ3) is 3.53. The van der Waals surface area contributed by atoms with Crippen LogP contribution in [0.4, 0.5) is 11.5 Å². The molecular formula is C19H23N5O2. The second kappa shape index (κ2) is 7.37. The molecule has 0 spiro atoms. The number of fused-ring (bicyclic) bond motifs is 1. The van der Waals surface area contributed by atoms with Crippen LogP contribution in [-0.4, -0.2) is 46.7 Å². The van der Waals surface area contributed by atoms with Gasteiger partial charge in [-0.3, -0.25) is 9.78 Å². The van der Waals surface area contributed by atoms with Crippen LogP contribution in [-0.2, 0) is 9.53 Å². The van der Waals surface area contributed by atoms with E-state index >= 15 is 0 Å². The van der Waals surface area contributed by atoms with Gasteiger partial charge in [0, 0.05) is 31.4 Å². The summed E-state index contributed by atoms with van der Waals surface area (Å²) in [5.41, 5.74) is 1.59. The van der Waals surface area contributed by atoms with Gasteiger partial charge < -0.3 is 15.0 Å². The van der Waals surface area contributed by atoms with E-state index in [4.69, 9.17) is 4.74 Å². The monoisotopic (exact) mass is 353 g/mol. The lowest BCUT2D eigenvalue weighted by Crippen LogP contribution is -2.50. The molecule has 2 aliphatic heterocycles. The summed E-state index contributed by atoms with van der Waals surface area (Å²) in [6, 6.07) is 5.64. The van der Waals surface area contributed by atoms with Crippen molar-refractivity contribution < 1.29 is 9.53 Å². The Hall–Kier alpha value is -2.54. The number of carbonyl (C=O) groups excluding carboxylic acids is 1. The lowest BCUT2D eigenvalue weighted by Gasteiger charge is -2.43. The van der Waals surface area contributed by atoms with Crippen LogP contribution in [0.1, 0.15) is 18.5 Å². The second-order valence-electron chi connectivity index (χ2n) is 6.99. The number of amides is 1. The third-order valence-electron chi connectivity index (χ3n) is 5.29. The molecule has 2 saturated heterocycles. The van der Waals surface area contributed by atoms with Crippen molar-refractivity contribution in [2.75, 3.05) is 29.9 Å². The van der Waals surface area contributed by atoms with Crippen LogP contribution in [0.2, 0.25) is 0 Å². The van der Waals surface area contributed by atoms with Gasteiger partial charge >= 0.3 is 0 Å². The van der Waals surface area contributed by atoms with E-state index in [-0.39, 0.29) is 17.9 Å². The molecule has 0 radical (unpaired) electrons. The van der Waals surface area contributed by atoms with Crippen LogP contribution in [0.3, 0.4) is 0 Å². The van der Waals surface area contributed by atoms with Crippen LogP contribution in [0.15, 0.2) is 36.9 Å². The molecule has 4 rings (SSSR count). The maximum absolute atomic E-state index is 12.7. The van der Waals surface area contributed by atoms with Crippen molar-refractivity contribution in [3.8, 4) is 0 Å². The van der Waals surface area contributed by atoms with Gasteiger partial charge in [0.25, 0.3) is 0 Å². The fraction of sp³-hybridized carbons (Fsp3) is 0.474. The first-order valence-corrected chi connectivity index (χ1v) is 9.06. The van der Waals surface area contributed by atoms with Crippen molar-refractivity contribution in [3.05, 3.63) is 42.6 Å². The maximum Gasteiger partial charge on any atom is 0.229 e. The lowest BCUT2D eigenvalue weighted by molar-refractivity contribution is -0.130. The van der Waals surface area contributed by atoms with Crippen LogP contribution in [0.5, 0.6) is 0 Å². The fourth-order valence-electron chi connectivity index (χ4n) is 3.84. The SMILES string of the molecule is Cc1ncccc1NC(=O)[C@@H]1CO[C@@H]2CCN(c3ccncn3)C[C@@H]2C1. The first kappa shape index (κ1) is 16.9. The van der Waals surface area contributed by atoms with E-state index in [1.807, 2.05) is 25.1 Å². The number of hydrogen-bond donors (Lipinski definition) is 1. The zero-order chi connectivity index (χ0) is 17.9. The van der Waals surface area contributed by atoms with Gasteiger partial charge in [0.15, 0.2) is 0 Å². The van der Waals surface area contributed by atoms with Crippen molar-refractivity contribution in [2.24, 2.45) is 11.8 Å². The van der Waals surface area contributed by atoms with Crippen molar-refractivity contribution in [1.82, 2.24) is 15.0 Å². The van der Waals surface area contributed by atoms with Gasteiger partial charge in [-0.25, -0.2) is 9.97 Å². The minimum atomic E-state index is -0.138. The standard InChI is InChI=1S/C19H23N5O2/c1-13-16(3-2-6-21-13)23-19(25)15-9-14-10-24(8-5-17(14)26-11-15)18-4-7-20-12-22-18/h2-4,6-7,12,14-15,17H,5,8-11H2,1H3,(H,23,25)/t14-,15-,17+/m0/s1. The highest BCUT2D eigenvalue weighted by Gasteiger charge is 2.38. The Bertz CT molecular complexity index is 770. The van der Waals surface area contributed by atoms with E-state index in [9.17, 15) is 4.79 Å². The molecule has 2 aliphatic rings. The number of piperidine rings is 1. The molecule has 4 heterocycles. The molecule has 0 bridgehead atoms. The lowest BCUT2D eigenvalue weighted by atomic mass is 9.83. The van der Waals surface area contributed by atoms with Gasteiger partial charge in [-0.15, -0.1) is 0 Å². The molecule has 3 atom stereocenters. The minimum Gasteiger partial charge on any atom is -0.377 e. The number of nitrogens with zero attached hydrogens (tertiary/aromatic N) is 4. The number of hydrogen-bond acceptors (Lipinski definition) is 6. The Labute approximate surface area is 152 Å². The first-order chi connectivity index (χ1) is 12.7. The molecule has 0 unspecified atom stereocenters. The molecule has 26 heavy (non-hydrogen) atoms. The van der Waals surface area contributed by atoms with E-state index in [1.165, 1.54) is 0 Å². The summed E-state index contributed by atoms with van der Waals surface area (Å²) in [5.74, 6) is 1.15. The largest absolute Gasteiger partial charge is 0.377 e. The molecule has 0 saturated carbocycles. The Morgan fingerprint density at radius 2 is 2.23 bits per heavy atom. The van der Waals surface area contributed by atoms with Crippen LogP contribution in [0.25, 0.3) is 0 Å². The van der Waals surface area contributed by atoms with Gasteiger partial charge in [0.05, 0.1) is 30.0 Å². The molecule has 0 aliphatic carbocycles. The smallest absolute Gasteiger partial charge is 0.229 e. The average Bonchev–Trinajstić information content (AvgIpc) is 2.69. The molecule has 2 fully saturated rings. The number of aromatic nitrogens is 3. The number of carbonyl (C=O) groups is 1. The summed E-state index contributed by atoms with van der Waals surface area (Å²) in [4.78, 5) is 27.5. The van der Waals surface area contributed by atoms with E-state index in [1.54, 1.807) is 18.7 Å². The fourth-order valence-corrected chi connectivity index (χ4v) is 3.84. The molecule has 1 amide bonds. The third-order valence-corrected chi connectivity index (χ3v) is 5.29. The number of ether oxygens (including phenoxy) is 1. The number of anilines is 2. The number of aryl methyl sites for hydroxylation is 1. The van der Waals surface area contributed by atoms with Crippen LogP contribution < -0.4 is 10.2 Å². The van der Waals surface area contributed by atoms with Crippen molar-refractivity contribution in [2.45, 2.75) is 25.9 Å². The van der Waals surface area contributed by atoms with E-state index in [2.05, 4.69) is 25.2 Å². The first-order valence-electron chi connectivity index (χ1n) is 9.06. The topological polar surface area (TPSA) is 80.2 Å². The molecule has 7 heteroatoms. The molecule has 2 aromatic heterocycles. The normalized spacial score (nSPS) is 25.4. The Morgan fingerprint density at radius 3 is 3.04 bits per heavy atom. The van der Waals surface area contributed by atoms with Crippen molar-refractivity contribution in [1.29, 1.82) is 0 Å². The van der Waals surface area contributed by atoms with Crippen LogP contribution >= 0.6 is 0 Å². The van der Waals surface area contributed by atoms with Crippen LogP contribution in [0, 0.1) is 18.8 Å². The zero-order valence-electron chi connectivity index (χ0n) is 14.8. The van der Waals surface area contributed by atoms with Gasteiger partial charge in [-0.05, 0) is 38.0 Å². The highest BCUT2D eigenvalue weighted by molar-refractivity contribution is 5.93. The molecular weight excluding hydrogens is 330 g/mol. The Balaban J connectivity index is 1.40. The minimum absolute atomic E-state index is 0.0127. The summed E-state index contributed by atoms with van der Waals surface area (Å²) < 4.78 is 6.03. The molecule has 0 aromatic carbocycles.